The van der Waals surface area contributed by atoms with Crippen LogP contribution in [0.15, 0.2) is 18.2 Å². The van der Waals surface area contributed by atoms with Gasteiger partial charge in [-0.15, -0.1) is 0 Å². The molecule has 1 fully saturated rings. The van der Waals surface area contributed by atoms with E-state index in [4.69, 9.17) is 25.8 Å². The summed E-state index contributed by atoms with van der Waals surface area (Å²) in [7, 11) is 1.69. The summed E-state index contributed by atoms with van der Waals surface area (Å²) in [6, 6.07) is 5.34. The summed E-state index contributed by atoms with van der Waals surface area (Å²) in [5.74, 6) is 0.992. The Labute approximate surface area is 180 Å². The molecule has 0 aliphatic heterocycles. The highest BCUT2D eigenvalue weighted by atomic mass is 35.5. The number of methoxy groups -OCH3 is 1. The smallest absolute Gasteiger partial charge is 0.256 e. The third-order valence-electron chi connectivity index (χ3n) is 5.66. The van der Waals surface area contributed by atoms with Crippen LogP contribution in [0.5, 0.6) is 5.75 Å². The van der Waals surface area contributed by atoms with Gasteiger partial charge in [0.15, 0.2) is 0 Å². The number of anilines is 1. The first-order valence-corrected chi connectivity index (χ1v) is 11.0. The molecule has 2 rings (SSSR count). The van der Waals surface area contributed by atoms with Crippen LogP contribution in [0.4, 0.5) is 5.69 Å². The number of carbonyl (C=O) groups is 1. The van der Waals surface area contributed by atoms with E-state index in [0.29, 0.717) is 35.6 Å². The van der Waals surface area contributed by atoms with E-state index in [1.165, 1.54) is 0 Å². The van der Waals surface area contributed by atoms with Crippen LogP contribution < -0.4 is 10.1 Å². The number of benzene rings is 1. The van der Waals surface area contributed by atoms with Gasteiger partial charge < -0.3 is 19.5 Å². The minimum absolute atomic E-state index is 0.0796. The summed E-state index contributed by atoms with van der Waals surface area (Å²) >= 11 is 6.39. The lowest BCUT2D eigenvalue weighted by Crippen LogP contribution is -2.48. The number of amides is 1. The van der Waals surface area contributed by atoms with Crippen molar-refractivity contribution in [3.63, 3.8) is 0 Å². The van der Waals surface area contributed by atoms with Crippen molar-refractivity contribution in [2.24, 2.45) is 5.92 Å². The Balaban J connectivity index is 2.02. The number of carbonyl (C=O) groups excluding carboxylic acids is 1. The molecule has 1 aliphatic rings. The topological polar surface area (TPSA) is 56.8 Å². The van der Waals surface area contributed by atoms with Crippen molar-refractivity contribution in [1.29, 1.82) is 0 Å². The van der Waals surface area contributed by atoms with Gasteiger partial charge in [0.25, 0.3) is 5.91 Å². The van der Waals surface area contributed by atoms with Gasteiger partial charge in [-0.2, -0.15) is 0 Å². The van der Waals surface area contributed by atoms with Crippen LogP contribution in [0.1, 0.15) is 66.2 Å². The van der Waals surface area contributed by atoms with Crippen molar-refractivity contribution < 1.29 is 19.0 Å². The molecule has 1 amide bonds. The molecular formula is C23H36ClNO4. The zero-order chi connectivity index (χ0) is 21.5. The van der Waals surface area contributed by atoms with E-state index in [1.54, 1.807) is 19.2 Å². The van der Waals surface area contributed by atoms with Crippen LogP contribution in [-0.2, 0) is 14.3 Å². The zero-order valence-electron chi connectivity index (χ0n) is 18.5. The van der Waals surface area contributed by atoms with Crippen LogP contribution >= 0.6 is 11.6 Å². The van der Waals surface area contributed by atoms with E-state index in [2.05, 4.69) is 19.2 Å². The molecule has 0 radical (unpaired) electrons. The van der Waals surface area contributed by atoms with Gasteiger partial charge in [0.05, 0.1) is 17.2 Å². The molecule has 6 heteroatoms. The molecule has 1 aromatic carbocycles. The SMILES string of the molecule is CCCOC1(C(=O)Nc2ccc(OCCC(C)(C)OC)c(Cl)c2)CCCC(C)C1. The molecule has 1 N–H and O–H groups in total. The van der Waals surface area contributed by atoms with Crippen molar-refractivity contribution in [2.75, 3.05) is 25.6 Å². The van der Waals surface area contributed by atoms with Crippen LogP contribution in [0.3, 0.4) is 0 Å². The van der Waals surface area contributed by atoms with Crippen LogP contribution in [0.25, 0.3) is 0 Å². The number of rotatable bonds is 10. The molecule has 0 aromatic heterocycles. The van der Waals surface area contributed by atoms with Gasteiger partial charge in [0, 0.05) is 25.8 Å². The van der Waals surface area contributed by atoms with Gasteiger partial charge >= 0.3 is 0 Å². The molecule has 5 nitrogen and oxygen atoms in total. The third-order valence-corrected chi connectivity index (χ3v) is 5.95. The normalized spacial score (nSPS) is 22.3. The Kier molecular flexibility index (Phi) is 8.80. The second-order valence-corrected chi connectivity index (χ2v) is 9.11. The van der Waals surface area contributed by atoms with Gasteiger partial charge in [-0.25, -0.2) is 0 Å². The molecule has 164 valence electrons. The molecular weight excluding hydrogens is 390 g/mol. The number of hydrogen-bond acceptors (Lipinski definition) is 4. The molecule has 0 bridgehead atoms. The molecule has 29 heavy (non-hydrogen) atoms. The van der Waals surface area contributed by atoms with E-state index in [9.17, 15) is 4.79 Å². The fourth-order valence-corrected chi connectivity index (χ4v) is 3.89. The maximum atomic E-state index is 13.1. The predicted molar refractivity (Wildman–Crippen MR) is 118 cm³/mol. The molecule has 2 atom stereocenters. The highest BCUT2D eigenvalue weighted by Gasteiger charge is 2.42. The minimum atomic E-state index is -0.749. The largest absolute Gasteiger partial charge is 0.492 e. The van der Waals surface area contributed by atoms with Crippen molar-refractivity contribution in [1.82, 2.24) is 0 Å². The van der Waals surface area contributed by atoms with Crippen LogP contribution in [-0.4, -0.2) is 37.4 Å². The Hall–Kier alpha value is -1.30. The molecule has 1 aromatic rings. The minimum Gasteiger partial charge on any atom is -0.492 e. The first-order valence-electron chi connectivity index (χ1n) is 10.6. The molecule has 2 unspecified atom stereocenters. The van der Waals surface area contributed by atoms with Crippen molar-refractivity contribution in [3.05, 3.63) is 23.2 Å². The Bertz CT molecular complexity index is 679. The van der Waals surface area contributed by atoms with Crippen molar-refractivity contribution in [3.8, 4) is 5.75 Å². The second kappa shape index (κ2) is 10.6. The average Bonchev–Trinajstić information content (AvgIpc) is 2.68. The molecule has 1 aliphatic carbocycles. The number of hydrogen-bond donors (Lipinski definition) is 1. The standard InChI is InChI=1S/C23H36ClNO4/c1-6-13-29-23(11-7-8-17(2)16-23)21(26)25-18-9-10-20(19(24)15-18)28-14-12-22(3,4)27-5/h9-10,15,17H,6-8,11-14,16H2,1-5H3,(H,25,26). The maximum Gasteiger partial charge on any atom is 0.256 e. The Morgan fingerprint density at radius 3 is 2.72 bits per heavy atom. The lowest BCUT2D eigenvalue weighted by Gasteiger charge is -2.38. The number of nitrogens with one attached hydrogen (secondary N) is 1. The maximum absolute atomic E-state index is 13.1. The summed E-state index contributed by atoms with van der Waals surface area (Å²) in [6.07, 6.45) is 5.29. The molecule has 0 saturated heterocycles. The van der Waals surface area contributed by atoms with E-state index in [1.807, 2.05) is 19.9 Å². The third kappa shape index (κ3) is 6.87. The monoisotopic (exact) mass is 425 g/mol. The lowest BCUT2D eigenvalue weighted by molar-refractivity contribution is -0.148. The second-order valence-electron chi connectivity index (χ2n) is 8.71. The molecule has 0 spiro atoms. The highest BCUT2D eigenvalue weighted by molar-refractivity contribution is 6.32. The van der Waals surface area contributed by atoms with E-state index in [0.717, 1.165) is 38.5 Å². The first-order chi connectivity index (χ1) is 13.7. The molecule has 1 saturated carbocycles. The Morgan fingerprint density at radius 1 is 1.34 bits per heavy atom. The predicted octanol–water partition coefficient (Wildman–Crippen LogP) is 5.85. The quantitative estimate of drug-likeness (QED) is 0.511. The fraction of sp³-hybridized carbons (Fsp3) is 0.696. The number of halogens is 1. The van der Waals surface area contributed by atoms with Gasteiger partial charge in [-0.05, 0) is 63.6 Å². The molecule has 0 heterocycles. The van der Waals surface area contributed by atoms with Gasteiger partial charge in [-0.1, -0.05) is 31.9 Å². The summed E-state index contributed by atoms with van der Waals surface area (Å²) < 4.78 is 17.3. The van der Waals surface area contributed by atoms with E-state index >= 15 is 0 Å². The fourth-order valence-electron chi connectivity index (χ4n) is 3.65. The first kappa shape index (κ1) is 24.0. The van der Waals surface area contributed by atoms with Crippen molar-refractivity contribution in [2.45, 2.75) is 77.4 Å². The number of ether oxygens (including phenoxy) is 3. The highest BCUT2D eigenvalue weighted by Crippen LogP contribution is 2.37. The summed E-state index contributed by atoms with van der Waals surface area (Å²) in [5, 5.41) is 3.49. The van der Waals surface area contributed by atoms with Gasteiger partial charge in [0.2, 0.25) is 0 Å². The Morgan fingerprint density at radius 2 is 2.10 bits per heavy atom. The van der Waals surface area contributed by atoms with Gasteiger partial charge in [0.1, 0.15) is 11.4 Å². The lowest BCUT2D eigenvalue weighted by atomic mass is 9.78. The zero-order valence-corrected chi connectivity index (χ0v) is 19.2. The summed E-state index contributed by atoms with van der Waals surface area (Å²) in [5.41, 5.74) is -0.340. The summed E-state index contributed by atoms with van der Waals surface area (Å²) in [6.45, 7) is 9.36. The average molecular weight is 426 g/mol. The van der Waals surface area contributed by atoms with E-state index in [-0.39, 0.29) is 11.5 Å². The van der Waals surface area contributed by atoms with E-state index < -0.39 is 5.60 Å². The summed E-state index contributed by atoms with van der Waals surface area (Å²) in [4.78, 5) is 13.1. The van der Waals surface area contributed by atoms with Crippen molar-refractivity contribution >= 4 is 23.2 Å². The van der Waals surface area contributed by atoms with Gasteiger partial charge in [-0.3, -0.25) is 4.79 Å². The van der Waals surface area contributed by atoms with Crippen LogP contribution in [0.2, 0.25) is 5.02 Å². The van der Waals surface area contributed by atoms with Crippen LogP contribution in [0, 0.1) is 5.92 Å².